The Labute approximate surface area is 186 Å². The van der Waals surface area contributed by atoms with E-state index in [1.165, 1.54) is 16.9 Å². The van der Waals surface area contributed by atoms with Crippen molar-refractivity contribution < 1.29 is 9.53 Å². The van der Waals surface area contributed by atoms with E-state index in [4.69, 9.17) is 9.72 Å². The summed E-state index contributed by atoms with van der Waals surface area (Å²) in [6.45, 7) is 5.43. The molecule has 2 heterocycles. The molecule has 0 saturated heterocycles. The summed E-state index contributed by atoms with van der Waals surface area (Å²) in [6, 6.07) is 15.9. The second-order valence-electron chi connectivity index (χ2n) is 7.72. The van der Waals surface area contributed by atoms with Crippen LogP contribution < -0.4 is 9.64 Å². The topological polar surface area (TPSA) is 60.2 Å². The quantitative estimate of drug-likeness (QED) is 0.396. The highest BCUT2D eigenvalue weighted by Gasteiger charge is 2.20. The Kier molecular flexibility index (Phi) is 6.32. The van der Waals surface area contributed by atoms with Gasteiger partial charge in [-0.3, -0.25) is 14.4 Å². The molecule has 160 valence electrons. The molecule has 0 aliphatic heterocycles. The fraction of sp³-hybridized carbons (Fsp3) is 0.292. The number of methoxy groups -OCH3 is 1. The standard InChI is InChI=1S/C24H26N4O2S/c1-17(2)19-7-5-18(6-8-19)15-23(29)28(14-13-27-12-4-11-25-27)24-26-21-10-9-20(30-3)16-22(21)31-24/h4-12,16-17H,13-15H2,1-3H3. The average molecular weight is 435 g/mol. The van der Waals surface area contributed by atoms with Crippen LogP contribution in [0.4, 0.5) is 5.13 Å². The number of aromatic nitrogens is 3. The molecule has 4 rings (SSSR count). The lowest BCUT2D eigenvalue weighted by atomic mass is 10.0. The summed E-state index contributed by atoms with van der Waals surface area (Å²) in [6.07, 6.45) is 3.97. The second kappa shape index (κ2) is 9.31. The fourth-order valence-corrected chi connectivity index (χ4v) is 4.43. The molecular weight excluding hydrogens is 408 g/mol. The van der Waals surface area contributed by atoms with Gasteiger partial charge in [0.25, 0.3) is 0 Å². The minimum absolute atomic E-state index is 0.0236. The van der Waals surface area contributed by atoms with Crippen LogP contribution in [0.5, 0.6) is 5.75 Å². The monoisotopic (exact) mass is 434 g/mol. The summed E-state index contributed by atoms with van der Waals surface area (Å²) in [7, 11) is 1.65. The number of rotatable bonds is 8. The summed E-state index contributed by atoms with van der Waals surface area (Å²) in [5.41, 5.74) is 3.13. The molecule has 31 heavy (non-hydrogen) atoms. The first-order valence-corrected chi connectivity index (χ1v) is 11.2. The zero-order chi connectivity index (χ0) is 21.8. The molecule has 0 aliphatic carbocycles. The first-order chi connectivity index (χ1) is 15.0. The van der Waals surface area contributed by atoms with Crippen molar-refractivity contribution in [2.24, 2.45) is 0 Å². The van der Waals surface area contributed by atoms with Crippen molar-refractivity contribution in [3.05, 3.63) is 72.1 Å². The number of carbonyl (C=O) groups excluding carboxylic acids is 1. The van der Waals surface area contributed by atoms with E-state index in [9.17, 15) is 4.79 Å². The molecule has 0 aliphatic rings. The van der Waals surface area contributed by atoms with Crippen molar-refractivity contribution in [2.45, 2.75) is 32.7 Å². The normalized spacial score (nSPS) is 11.2. The van der Waals surface area contributed by atoms with Gasteiger partial charge in [-0.05, 0) is 41.3 Å². The third kappa shape index (κ3) is 4.94. The number of hydrogen-bond acceptors (Lipinski definition) is 5. The fourth-order valence-electron chi connectivity index (χ4n) is 3.39. The Morgan fingerprint density at radius 3 is 2.68 bits per heavy atom. The van der Waals surface area contributed by atoms with Crippen molar-refractivity contribution in [3.63, 3.8) is 0 Å². The Bertz CT molecular complexity index is 1150. The third-order valence-electron chi connectivity index (χ3n) is 5.23. The van der Waals surface area contributed by atoms with Gasteiger partial charge in [0.2, 0.25) is 5.91 Å². The molecule has 4 aromatic rings. The van der Waals surface area contributed by atoms with E-state index in [1.54, 1.807) is 18.2 Å². The SMILES string of the molecule is COc1ccc2nc(N(CCn3cccn3)C(=O)Cc3ccc(C(C)C)cc3)sc2c1. The summed E-state index contributed by atoms with van der Waals surface area (Å²) >= 11 is 1.50. The number of fused-ring (bicyclic) bond motifs is 1. The molecule has 2 aromatic carbocycles. The van der Waals surface area contributed by atoms with Gasteiger partial charge in [0.05, 0.1) is 30.3 Å². The van der Waals surface area contributed by atoms with Gasteiger partial charge < -0.3 is 4.74 Å². The number of amides is 1. The Morgan fingerprint density at radius 2 is 2.00 bits per heavy atom. The zero-order valence-electron chi connectivity index (χ0n) is 18.0. The molecule has 6 nitrogen and oxygen atoms in total. The predicted octanol–water partition coefficient (Wildman–Crippen LogP) is 4.90. The minimum Gasteiger partial charge on any atom is -0.497 e. The lowest BCUT2D eigenvalue weighted by molar-refractivity contribution is -0.118. The predicted molar refractivity (Wildman–Crippen MR) is 125 cm³/mol. The number of carbonyl (C=O) groups is 1. The van der Waals surface area contributed by atoms with E-state index < -0.39 is 0 Å². The van der Waals surface area contributed by atoms with Crippen LogP contribution in [0, 0.1) is 0 Å². The Morgan fingerprint density at radius 1 is 1.19 bits per heavy atom. The summed E-state index contributed by atoms with van der Waals surface area (Å²) in [5, 5.41) is 4.96. The van der Waals surface area contributed by atoms with Gasteiger partial charge in [-0.2, -0.15) is 5.10 Å². The summed E-state index contributed by atoms with van der Waals surface area (Å²) < 4.78 is 8.15. The molecule has 0 bridgehead atoms. The molecule has 0 saturated carbocycles. The number of ether oxygens (including phenoxy) is 1. The number of benzene rings is 2. The maximum absolute atomic E-state index is 13.3. The molecule has 0 N–H and O–H groups in total. The van der Waals surface area contributed by atoms with Crippen molar-refractivity contribution in [1.82, 2.24) is 14.8 Å². The number of thiazole rings is 1. The Hall–Kier alpha value is -3.19. The molecule has 7 heteroatoms. The molecular formula is C24H26N4O2S. The van der Waals surface area contributed by atoms with Crippen LogP contribution in [-0.4, -0.2) is 34.3 Å². The van der Waals surface area contributed by atoms with E-state index in [0.717, 1.165) is 21.5 Å². The van der Waals surface area contributed by atoms with Crippen LogP contribution in [0.25, 0.3) is 10.2 Å². The van der Waals surface area contributed by atoms with Crippen LogP contribution >= 0.6 is 11.3 Å². The number of nitrogens with zero attached hydrogens (tertiary/aromatic N) is 4. The molecule has 0 unspecified atom stereocenters. The number of hydrogen-bond donors (Lipinski definition) is 0. The van der Waals surface area contributed by atoms with E-state index >= 15 is 0 Å². The average Bonchev–Trinajstić information content (AvgIpc) is 3.43. The van der Waals surface area contributed by atoms with Crippen molar-refractivity contribution >= 4 is 32.6 Å². The molecule has 1 amide bonds. The molecule has 0 spiro atoms. The molecule has 2 aromatic heterocycles. The van der Waals surface area contributed by atoms with Gasteiger partial charge in [-0.1, -0.05) is 49.4 Å². The first kappa shape index (κ1) is 21.1. The third-order valence-corrected chi connectivity index (χ3v) is 6.27. The summed E-state index contributed by atoms with van der Waals surface area (Å²) in [4.78, 5) is 19.8. The first-order valence-electron chi connectivity index (χ1n) is 10.3. The molecule has 0 fully saturated rings. The zero-order valence-corrected chi connectivity index (χ0v) is 18.8. The number of anilines is 1. The van der Waals surface area contributed by atoms with E-state index in [1.807, 2.05) is 47.3 Å². The highest BCUT2D eigenvalue weighted by Crippen LogP contribution is 2.32. The largest absolute Gasteiger partial charge is 0.497 e. The van der Waals surface area contributed by atoms with E-state index in [-0.39, 0.29) is 5.91 Å². The van der Waals surface area contributed by atoms with Crippen LogP contribution in [0.3, 0.4) is 0 Å². The van der Waals surface area contributed by atoms with Crippen molar-refractivity contribution in [1.29, 1.82) is 0 Å². The minimum atomic E-state index is 0.0236. The summed E-state index contributed by atoms with van der Waals surface area (Å²) in [5.74, 6) is 1.27. The van der Waals surface area contributed by atoms with Crippen LogP contribution in [-0.2, 0) is 17.8 Å². The lowest BCUT2D eigenvalue weighted by Crippen LogP contribution is -2.35. The van der Waals surface area contributed by atoms with Gasteiger partial charge in [0.15, 0.2) is 5.13 Å². The van der Waals surface area contributed by atoms with Crippen LogP contribution in [0.15, 0.2) is 60.9 Å². The van der Waals surface area contributed by atoms with Crippen molar-refractivity contribution in [2.75, 3.05) is 18.6 Å². The Balaban J connectivity index is 1.59. The van der Waals surface area contributed by atoms with Crippen LogP contribution in [0.1, 0.15) is 30.9 Å². The van der Waals surface area contributed by atoms with Gasteiger partial charge in [-0.15, -0.1) is 0 Å². The van der Waals surface area contributed by atoms with Gasteiger partial charge in [-0.25, -0.2) is 4.98 Å². The van der Waals surface area contributed by atoms with E-state index in [0.29, 0.717) is 30.6 Å². The van der Waals surface area contributed by atoms with Crippen molar-refractivity contribution in [3.8, 4) is 5.75 Å². The lowest BCUT2D eigenvalue weighted by Gasteiger charge is -2.20. The molecule has 0 radical (unpaired) electrons. The molecule has 0 atom stereocenters. The highest BCUT2D eigenvalue weighted by molar-refractivity contribution is 7.22. The van der Waals surface area contributed by atoms with Crippen LogP contribution in [0.2, 0.25) is 0 Å². The highest BCUT2D eigenvalue weighted by atomic mass is 32.1. The smallest absolute Gasteiger partial charge is 0.233 e. The maximum atomic E-state index is 13.3. The van der Waals surface area contributed by atoms with Gasteiger partial charge >= 0.3 is 0 Å². The van der Waals surface area contributed by atoms with Gasteiger partial charge in [0, 0.05) is 18.9 Å². The van der Waals surface area contributed by atoms with E-state index in [2.05, 4.69) is 31.1 Å². The second-order valence-corrected chi connectivity index (χ2v) is 8.73. The maximum Gasteiger partial charge on any atom is 0.233 e. The van der Waals surface area contributed by atoms with Gasteiger partial charge in [0.1, 0.15) is 5.75 Å².